The van der Waals surface area contributed by atoms with E-state index in [0.29, 0.717) is 6.42 Å². The third kappa shape index (κ3) is 5.86. The Morgan fingerprint density at radius 1 is 1.16 bits per heavy atom. The predicted molar refractivity (Wildman–Crippen MR) is 132 cm³/mol. The van der Waals surface area contributed by atoms with Crippen LogP contribution in [0.15, 0.2) is 41.3 Å². The highest BCUT2D eigenvalue weighted by atomic mass is 79.9. The summed E-state index contributed by atoms with van der Waals surface area (Å²) in [6.07, 6.45) is 6.08. The van der Waals surface area contributed by atoms with Crippen LogP contribution < -0.4 is 5.30 Å². The number of morpholine rings is 1. The Morgan fingerprint density at radius 3 is 2.69 bits per heavy atom. The van der Waals surface area contributed by atoms with Crippen molar-refractivity contribution in [1.29, 1.82) is 0 Å². The Morgan fingerprint density at radius 2 is 1.94 bits per heavy atom. The van der Waals surface area contributed by atoms with Crippen LogP contribution in [0.25, 0.3) is 11.1 Å². The van der Waals surface area contributed by atoms with Gasteiger partial charge in [0, 0.05) is 49.3 Å². The number of hydrogen-bond acceptors (Lipinski definition) is 6. The molecule has 1 saturated heterocycles. The minimum absolute atomic E-state index is 0.196. The van der Waals surface area contributed by atoms with Crippen molar-refractivity contribution in [2.24, 2.45) is 0 Å². The van der Waals surface area contributed by atoms with Crippen LogP contribution >= 0.6 is 34.7 Å². The van der Waals surface area contributed by atoms with Crippen molar-refractivity contribution >= 4 is 40.0 Å². The fourth-order valence-corrected chi connectivity index (χ4v) is 5.56. The van der Waals surface area contributed by atoms with Gasteiger partial charge in [0.05, 0.1) is 36.1 Å². The van der Waals surface area contributed by atoms with Crippen molar-refractivity contribution in [2.75, 3.05) is 46.2 Å². The summed E-state index contributed by atoms with van der Waals surface area (Å²) in [6.45, 7) is 8.89. The van der Waals surface area contributed by atoms with Gasteiger partial charge in [0.25, 0.3) is 0 Å². The highest BCUT2D eigenvalue weighted by Crippen LogP contribution is 2.38. The fourth-order valence-electron chi connectivity index (χ4n) is 3.78. The zero-order chi connectivity index (χ0) is 22.7. The molecule has 3 heterocycles. The van der Waals surface area contributed by atoms with Crippen LogP contribution in [0.4, 0.5) is 0 Å². The Kier molecular flexibility index (Phi) is 7.47. The van der Waals surface area contributed by atoms with Crippen LogP contribution in [-0.2, 0) is 22.3 Å². The summed E-state index contributed by atoms with van der Waals surface area (Å²) in [5.41, 5.74) is 3.75. The minimum Gasteiger partial charge on any atom is -0.379 e. The van der Waals surface area contributed by atoms with Gasteiger partial charge in [-0.2, -0.15) is 5.10 Å². The van der Waals surface area contributed by atoms with E-state index < -0.39 is 7.14 Å². The van der Waals surface area contributed by atoms with Crippen molar-refractivity contribution in [3.05, 3.63) is 57.8 Å². The molecule has 0 spiro atoms. The number of hydrogen-bond donors (Lipinski definition) is 0. The highest BCUT2D eigenvalue weighted by molar-refractivity contribution is 9.10. The molecule has 170 valence electrons. The third-order valence-electron chi connectivity index (χ3n) is 5.53. The third-order valence-corrected chi connectivity index (χ3v) is 7.95. The fraction of sp³-hybridized carbons (Fsp3) is 0.409. The summed E-state index contributed by atoms with van der Waals surface area (Å²) in [4.78, 5) is 10.7. The maximum atomic E-state index is 13.1. The number of benzene rings is 1. The second kappa shape index (κ2) is 10.1. The molecule has 0 unspecified atom stereocenters. The van der Waals surface area contributed by atoms with Crippen molar-refractivity contribution in [3.8, 4) is 11.1 Å². The van der Waals surface area contributed by atoms with Gasteiger partial charge in [-0.1, -0.05) is 12.1 Å². The second-order valence-electron chi connectivity index (χ2n) is 8.25. The maximum Gasteiger partial charge on any atom is 0.222 e. The summed E-state index contributed by atoms with van der Waals surface area (Å²) < 4.78 is 21.3. The SMILES string of the molecule is CP(C)(=O)c1cc(-c2cnn(CCN3CCOCC3)c2)ccc1Cc1nc(Cl)ncc1Br. The topological polar surface area (TPSA) is 73.1 Å². The molecule has 2 aromatic heterocycles. The van der Waals surface area contributed by atoms with Crippen molar-refractivity contribution in [1.82, 2.24) is 24.6 Å². The molecule has 4 rings (SSSR count). The van der Waals surface area contributed by atoms with E-state index in [1.54, 1.807) is 19.5 Å². The zero-order valence-corrected chi connectivity index (χ0v) is 21.4. The summed E-state index contributed by atoms with van der Waals surface area (Å²) >= 11 is 9.47. The number of rotatable bonds is 7. The summed E-state index contributed by atoms with van der Waals surface area (Å²) in [5, 5.41) is 5.57. The van der Waals surface area contributed by atoms with E-state index in [9.17, 15) is 4.57 Å². The lowest BCUT2D eigenvalue weighted by atomic mass is 10.0. The number of halogens is 2. The Hall–Kier alpha value is -1.57. The highest BCUT2D eigenvalue weighted by Gasteiger charge is 2.19. The van der Waals surface area contributed by atoms with Gasteiger partial charge in [0.1, 0.15) is 7.14 Å². The van der Waals surface area contributed by atoms with Crippen LogP contribution in [0.5, 0.6) is 0 Å². The number of nitrogens with zero attached hydrogens (tertiary/aromatic N) is 5. The second-order valence-corrected chi connectivity index (χ2v) is 12.6. The maximum absolute atomic E-state index is 13.1. The molecule has 1 aliphatic rings. The molecule has 0 aliphatic carbocycles. The minimum atomic E-state index is -2.53. The average molecular weight is 539 g/mol. The number of ether oxygens (including phenoxy) is 1. The quantitative estimate of drug-likeness (QED) is 0.335. The van der Waals surface area contributed by atoms with E-state index in [0.717, 1.165) is 71.6 Å². The van der Waals surface area contributed by atoms with Crippen LogP contribution in [0.3, 0.4) is 0 Å². The molecule has 10 heteroatoms. The molecule has 0 amide bonds. The molecule has 0 saturated carbocycles. The first-order valence-corrected chi connectivity index (χ1v) is 14.2. The van der Waals surface area contributed by atoms with Crippen molar-refractivity contribution in [2.45, 2.75) is 13.0 Å². The van der Waals surface area contributed by atoms with Gasteiger partial charge in [0.2, 0.25) is 5.28 Å². The summed E-state index contributed by atoms with van der Waals surface area (Å²) in [5.74, 6) is 0. The lowest BCUT2D eigenvalue weighted by molar-refractivity contribution is 0.0360. The van der Waals surface area contributed by atoms with Gasteiger partial charge < -0.3 is 9.30 Å². The summed E-state index contributed by atoms with van der Waals surface area (Å²) in [7, 11) is -2.53. The molecule has 7 nitrogen and oxygen atoms in total. The van der Waals surface area contributed by atoms with Gasteiger partial charge in [-0.25, -0.2) is 9.97 Å². The Labute approximate surface area is 201 Å². The van der Waals surface area contributed by atoms with Gasteiger partial charge >= 0.3 is 0 Å². The first-order valence-electron chi connectivity index (χ1n) is 10.5. The average Bonchev–Trinajstić information content (AvgIpc) is 3.24. The van der Waals surface area contributed by atoms with Crippen LogP contribution in [-0.4, -0.2) is 70.8 Å². The van der Waals surface area contributed by atoms with Gasteiger partial charge in [-0.05, 0) is 58.1 Å². The monoisotopic (exact) mass is 537 g/mol. The van der Waals surface area contributed by atoms with Gasteiger partial charge in [-0.15, -0.1) is 0 Å². The lowest BCUT2D eigenvalue weighted by Gasteiger charge is -2.26. The van der Waals surface area contributed by atoms with Crippen molar-refractivity contribution in [3.63, 3.8) is 0 Å². The van der Waals surface area contributed by atoms with E-state index in [1.165, 1.54) is 0 Å². The molecule has 32 heavy (non-hydrogen) atoms. The molecule has 0 N–H and O–H groups in total. The van der Waals surface area contributed by atoms with Gasteiger partial charge in [0.15, 0.2) is 0 Å². The van der Waals surface area contributed by atoms with Crippen molar-refractivity contribution < 1.29 is 9.30 Å². The molecule has 0 bridgehead atoms. The Balaban J connectivity index is 1.56. The van der Waals surface area contributed by atoms with E-state index in [2.05, 4.69) is 48.2 Å². The molecule has 3 aromatic rings. The molecular formula is C22H26BrClN5O2P. The normalized spacial score (nSPS) is 15.2. The molecule has 0 radical (unpaired) electrons. The molecule has 1 fully saturated rings. The molecule has 0 atom stereocenters. The Bertz CT molecular complexity index is 1140. The first kappa shape index (κ1) is 23.6. The zero-order valence-electron chi connectivity index (χ0n) is 18.2. The van der Waals surface area contributed by atoms with Crippen LogP contribution in [0.2, 0.25) is 5.28 Å². The van der Waals surface area contributed by atoms with Crippen LogP contribution in [0.1, 0.15) is 11.3 Å². The van der Waals surface area contributed by atoms with E-state index in [-0.39, 0.29) is 5.28 Å². The predicted octanol–water partition coefficient (Wildman–Crippen LogP) is 3.93. The summed E-state index contributed by atoms with van der Waals surface area (Å²) in [6, 6.07) is 6.10. The standard InChI is InChI=1S/C22H26BrClN5O2P/c1-32(2,30)21-12-16(3-4-17(21)11-20-19(23)14-25-22(24)27-20)18-13-26-29(15-18)6-5-28-7-9-31-10-8-28/h3-4,12-15H,5-11H2,1-2H3. The van der Waals surface area contributed by atoms with E-state index >= 15 is 0 Å². The smallest absolute Gasteiger partial charge is 0.222 e. The van der Waals surface area contributed by atoms with E-state index in [4.69, 9.17) is 16.3 Å². The molecule has 1 aromatic carbocycles. The number of aromatic nitrogens is 4. The van der Waals surface area contributed by atoms with E-state index in [1.807, 2.05) is 23.0 Å². The molecule has 1 aliphatic heterocycles. The first-order chi connectivity index (χ1) is 15.3. The largest absolute Gasteiger partial charge is 0.379 e. The van der Waals surface area contributed by atoms with Crippen LogP contribution in [0, 0.1) is 0 Å². The lowest BCUT2D eigenvalue weighted by Crippen LogP contribution is -2.38. The molecular weight excluding hydrogens is 513 g/mol. The van der Waals surface area contributed by atoms with Gasteiger partial charge in [-0.3, -0.25) is 9.58 Å².